The summed E-state index contributed by atoms with van der Waals surface area (Å²) >= 11 is 15.3. The van der Waals surface area contributed by atoms with E-state index in [0.29, 0.717) is 33.8 Å². The lowest BCUT2D eigenvalue weighted by atomic mass is 10.3. The number of aromatic nitrogens is 2. The molecule has 4 nitrogen and oxygen atoms in total. The van der Waals surface area contributed by atoms with Crippen LogP contribution in [-0.2, 0) is 6.54 Å². The van der Waals surface area contributed by atoms with Crippen LogP contribution < -0.4 is 5.32 Å². The molecular weight excluding hydrogens is 365 g/mol. The maximum absolute atomic E-state index is 12.3. The molecule has 0 spiro atoms. The van der Waals surface area contributed by atoms with Gasteiger partial charge in [0.05, 0.1) is 15.7 Å². The Morgan fingerprint density at radius 1 is 1.40 bits per heavy atom. The third-order valence-electron chi connectivity index (χ3n) is 2.77. The fourth-order valence-corrected chi connectivity index (χ4v) is 2.61. The lowest BCUT2D eigenvalue weighted by Crippen LogP contribution is -2.17. The number of nitrogens with zero attached hydrogens (tertiary/aromatic N) is 2. The van der Waals surface area contributed by atoms with Crippen molar-refractivity contribution < 1.29 is 4.79 Å². The van der Waals surface area contributed by atoms with Crippen LogP contribution in [0.2, 0.25) is 10.0 Å². The van der Waals surface area contributed by atoms with Gasteiger partial charge in [0.2, 0.25) is 0 Å². The van der Waals surface area contributed by atoms with E-state index in [1.807, 2.05) is 17.7 Å². The summed E-state index contributed by atoms with van der Waals surface area (Å²) in [6, 6.07) is 3.31. The molecule has 0 saturated carbocycles. The first kappa shape index (κ1) is 15.4. The number of amides is 1. The number of rotatable bonds is 3. The number of pyridine rings is 1. The first-order valence-corrected chi connectivity index (χ1v) is 7.47. The van der Waals surface area contributed by atoms with Crippen LogP contribution in [0.1, 0.15) is 23.1 Å². The van der Waals surface area contributed by atoms with Crippen molar-refractivity contribution in [2.24, 2.45) is 0 Å². The number of carbonyl (C=O) groups is 1. The molecule has 2 heterocycles. The summed E-state index contributed by atoms with van der Waals surface area (Å²) in [4.78, 5) is 16.5. The van der Waals surface area contributed by atoms with E-state index < -0.39 is 0 Å². The van der Waals surface area contributed by atoms with Crippen molar-refractivity contribution in [3.8, 4) is 0 Å². The van der Waals surface area contributed by atoms with Gasteiger partial charge in [-0.05, 0) is 41.9 Å². The first-order valence-electron chi connectivity index (χ1n) is 5.92. The monoisotopic (exact) mass is 375 g/mol. The summed E-state index contributed by atoms with van der Waals surface area (Å²) in [5.41, 5.74) is 1.14. The van der Waals surface area contributed by atoms with Crippen molar-refractivity contribution in [3.63, 3.8) is 0 Å². The normalized spacial score (nSPS) is 10.7. The van der Waals surface area contributed by atoms with Gasteiger partial charge >= 0.3 is 0 Å². The van der Waals surface area contributed by atoms with Crippen molar-refractivity contribution in [2.75, 3.05) is 5.32 Å². The maximum atomic E-state index is 12.3. The molecule has 20 heavy (non-hydrogen) atoms. The predicted octanol–water partition coefficient (Wildman–Crippen LogP) is 4.53. The molecule has 2 rings (SSSR count). The Morgan fingerprint density at radius 3 is 2.75 bits per heavy atom. The summed E-state index contributed by atoms with van der Waals surface area (Å²) in [5, 5.41) is 3.47. The number of hydrogen-bond acceptors (Lipinski definition) is 2. The zero-order valence-corrected chi connectivity index (χ0v) is 14.0. The lowest BCUT2D eigenvalue weighted by molar-refractivity contribution is 0.101. The minimum atomic E-state index is -0.270. The van der Waals surface area contributed by atoms with Gasteiger partial charge in [0, 0.05) is 17.2 Å². The van der Waals surface area contributed by atoms with Crippen LogP contribution >= 0.6 is 39.1 Å². The Labute approximate surface area is 135 Å². The zero-order valence-electron chi connectivity index (χ0n) is 10.9. The van der Waals surface area contributed by atoms with E-state index in [4.69, 9.17) is 23.2 Å². The Balaban J connectivity index is 2.30. The summed E-state index contributed by atoms with van der Waals surface area (Å²) in [7, 11) is 0. The number of nitrogens with one attached hydrogen (secondary N) is 1. The zero-order chi connectivity index (χ0) is 14.9. The van der Waals surface area contributed by atoms with Gasteiger partial charge in [0.25, 0.3) is 5.91 Å². The number of aryl methyl sites for hydroxylation is 2. The van der Waals surface area contributed by atoms with Crippen molar-refractivity contribution in [2.45, 2.75) is 20.4 Å². The fourth-order valence-electron chi connectivity index (χ4n) is 1.74. The average Bonchev–Trinajstić information content (AvgIpc) is 2.77. The summed E-state index contributed by atoms with van der Waals surface area (Å²) in [6.07, 6.45) is 1.84. The highest BCUT2D eigenvalue weighted by Gasteiger charge is 2.15. The second-order valence-corrected chi connectivity index (χ2v) is 5.90. The minimum Gasteiger partial charge on any atom is -0.343 e. The maximum Gasteiger partial charge on any atom is 0.273 e. The Morgan fingerprint density at radius 2 is 2.10 bits per heavy atom. The molecule has 0 aliphatic carbocycles. The highest BCUT2D eigenvalue weighted by Crippen LogP contribution is 2.26. The molecule has 7 heteroatoms. The Bertz CT molecular complexity index is 670. The quantitative estimate of drug-likeness (QED) is 0.855. The fraction of sp³-hybridized carbons (Fsp3) is 0.231. The standard InChI is InChI=1S/C13H12BrCl2N3O/c1-3-19-6-8(14)4-11(19)13(20)18-12-10(16)5-9(15)7(2)17-12/h4-6H,3H2,1-2H3,(H,17,18,20). The van der Waals surface area contributed by atoms with Gasteiger partial charge in [-0.15, -0.1) is 0 Å². The van der Waals surface area contributed by atoms with E-state index in [1.54, 1.807) is 19.1 Å². The summed E-state index contributed by atoms with van der Waals surface area (Å²) < 4.78 is 2.67. The topological polar surface area (TPSA) is 46.9 Å². The van der Waals surface area contributed by atoms with Crippen molar-refractivity contribution in [1.82, 2.24) is 9.55 Å². The predicted molar refractivity (Wildman–Crippen MR) is 84.8 cm³/mol. The van der Waals surface area contributed by atoms with Gasteiger partial charge in [-0.1, -0.05) is 23.2 Å². The van der Waals surface area contributed by atoms with Crippen molar-refractivity contribution >= 4 is 50.9 Å². The van der Waals surface area contributed by atoms with Gasteiger partial charge in [-0.2, -0.15) is 0 Å². The smallest absolute Gasteiger partial charge is 0.273 e. The molecule has 0 fully saturated rings. The number of halogens is 3. The third-order valence-corrected chi connectivity index (χ3v) is 3.88. The minimum absolute atomic E-state index is 0.270. The molecule has 0 bridgehead atoms. The van der Waals surface area contributed by atoms with Crippen LogP contribution in [0.3, 0.4) is 0 Å². The van der Waals surface area contributed by atoms with Crippen molar-refractivity contribution in [3.05, 3.63) is 44.2 Å². The van der Waals surface area contributed by atoms with Crippen LogP contribution in [0.25, 0.3) is 0 Å². The summed E-state index contributed by atoms with van der Waals surface area (Å²) in [6.45, 7) is 4.40. The average molecular weight is 377 g/mol. The SMILES string of the molecule is CCn1cc(Br)cc1C(=O)Nc1nc(C)c(Cl)cc1Cl. The molecule has 2 aromatic heterocycles. The van der Waals surface area contributed by atoms with E-state index >= 15 is 0 Å². The number of hydrogen-bond donors (Lipinski definition) is 1. The van der Waals surface area contributed by atoms with Crippen LogP contribution in [0.4, 0.5) is 5.82 Å². The van der Waals surface area contributed by atoms with E-state index in [1.165, 1.54) is 0 Å². The van der Waals surface area contributed by atoms with Crippen molar-refractivity contribution in [1.29, 1.82) is 0 Å². The molecule has 106 valence electrons. The molecule has 2 aromatic rings. The van der Waals surface area contributed by atoms with E-state index in [9.17, 15) is 4.79 Å². The molecule has 0 unspecified atom stereocenters. The molecule has 0 saturated heterocycles. The van der Waals surface area contributed by atoms with Crippen LogP contribution in [-0.4, -0.2) is 15.5 Å². The van der Waals surface area contributed by atoms with E-state index in [2.05, 4.69) is 26.2 Å². The highest BCUT2D eigenvalue weighted by atomic mass is 79.9. The van der Waals surface area contributed by atoms with Gasteiger partial charge in [-0.25, -0.2) is 4.98 Å². The third kappa shape index (κ3) is 3.16. The van der Waals surface area contributed by atoms with Gasteiger partial charge in [0.15, 0.2) is 5.82 Å². The lowest BCUT2D eigenvalue weighted by Gasteiger charge is -2.09. The molecule has 1 amide bonds. The van der Waals surface area contributed by atoms with Crippen LogP contribution in [0, 0.1) is 6.92 Å². The largest absolute Gasteiger partial charge is 0.343 e. The van der Waals surface area contributed by atoms with Crippen LogP contribution in [0.15, 0.2) is 22.8 Å². The second-order valence-electron chi connectivity index (χ2n) is 4.17. The Hall–Kier alpha value is -1.04. The summed E-state index contributed by atoms with van der Waals surface area (Å²) in [5.74, 6) is 0.0345. The highest BCUT2D eigenvalue weighted by molar-refractivity contribution is 9.10. The van der Waals surface area contributed by atoms with Crippen LogP contribution in [0.5, 0.6) is 0 Å². The molecular formula is C13H12BrCl2N3O. The molecule has 0 aliphatic rings. The molecule has 0 atom stereocenters. The molecule has 0 aliphatic heterocycles. The molecule has 0 aromatic carbocycles. The Kier molecular flexibility index (Phi) is 4.73. The van der Waals surface area contributed by atoms with E-state index in [0.717, 1.165) is 4.47 Å². The molecule has 0 radical (unpaired) electrons. The second kappa shape index (κ2) is 6.16. The van der Waals surface area contributed by atoms with E-state index in [-0.39, 0.29) is 5.91 Å². The van der Waals surface area contributed by atoms with Gasteiger partial charge in [-0.3, -0.25) is 4.79 Å². The van der Waals surface area contributed by atoms with Gasteiger partial charge in [0.1, 0.15) is 5.69 Å². The van der Waals surface area contributed by atoms with Gasteiger partial charge < -0.3 is 9.88 Å². The number of anilines is 1. The number of carbonyl (C=O) groups excluding carboxylic acids is 1. The first-order chi connectivity index (χ1) is 9.42. The molecule has 1 N–H and O–H groups in total.